The first-order valence-corrected chi connectivity index (χ1v) is 12.8. The number of Topliss-reactive ketones (excluding diaryl/α,β-unsaturated/α-hetero) is 2. The molecule has 172 valence electrons. The van der Waals surface area contributed by atoms with Gasteiger partial charge in [0.2, 0.25) is 0 Å². The van der Waals surface area contributed by atoms with Crippen molar-refractivity contribution in [2.75, 3.05) is 0 Å². The van der Waals surface area contributed by atoms with Gasteiger partial charge in [0.25, 0.3) is 0 Å². The minimum Gasteiger partial charge on any atom is -0.393 e. The van der Waals surface area contributed by atoms with Gasteiger partial charge in [-0.2, -0.15) is 0 Å². The van der Waals surface area contributed by atoms with Crippen LogP contribution in [0.5, 0.6) is 0 Å². The van der Waals surface area contributed by atoms with Gasteiger partial charge in [0.05, 0.1) is 12.2 Å². The molecule has 4 aliphatic carbocycles. The first-order chi connectivity index (χ1) is 14.4. The fourth-order valence-corrected chi connectivity index (χ4v) is 6.87. The van der Waals surface area contributed by atoms with Crippen LogP contribution < -0.4 is 0 Å². The van der Waals surface area contributed by atoms with Crippen molar-refractivity contribution < 1.29 is 19.8 Å². The summed E-state index contributed by atoms with van der Waals surface area (Å²) in [5.41, 5.74) is 0. The van der Waals surface area contributed by atoms with E-state index in [1.54, 1.807) is 0 Å². The van der Waals surface area contributed by atoms with Crippen molar-refractivity contribution in [1.82, 2.24) is 0 Å². The molecule has 2 N–H and O–H groups in total. The number of hydrogen-bond acceptors (Lipinski definition) is 4. The van der Waals surface area contributed by atoms with E-state index in [4.69, 9.17) is 0 Å². The largest absolute Gasteiger partial charge is 0.393 e. The molecule has 0 saturated heterocycles. The summed E-state index contributed by atoms with van der Waals surface area (Å²) in [6.45, 7) is 4.06. The summed E-state index contributed by atoms with van der Waals surface area (Å²) >= 11 is 0. The van der Waals surface area contributed by atoms with E-state index in [1.807, 2.05) is 13.8 Å². The van der Waals surface area contributed by atoms with E-state index in [1.165, 1.54) is 25.7 Å². The fourth-order valence-electron chi connectivity index (χ4n) is 6.87. The summed E-state index contributed by atoms with van der Waals surface area (Å²) in [6, 6.07) is 0. The number of hydrogen-bond donors (Lipinski definition) is 2. The van der Waals surface area contributed by atoms with Gasteiger partial charge in [0, 0.05) is 25.7 Å². The van der Waals surface area contributed by atoms with Gasteiger partial charge in [-0.25, -0.2) is 0 Å². The highest BCUT2D eigenvalue weighted by molar-refractivity contribution is 5.81. The molecular formula is C26H44O4. The summed E-state index contributed by atoms with van der Waals surface area (Å²) in [6.07, 6.45) is 14.0. The van der Waals surface area contributed by atoms with Gasteiger partial charge in [-0.15, -0.1) is 0 Å². The third kappa shape index (κ3) is 6.16. The van der Waals surface area contributed by atoms with Crippen LogP contribution in [-0.4, -0.2) is 34.0 Å². The molecule has 0 bridgehead atoms. The molecule has 0 heterocycles. The second-order valence-electron chi connectivity index (χ2n) is 10.7. The second kappa shape index (κ2) is 11.2. The predicted molar refractivity (Wildman–Crippen MR) is 119 cm³/mol. The van der Waals surface area contributed by atoms with Crippen LogP contribution in [0.4, 0.5) is 0 Å². The molecule has 30 heavy (non-hydrogen) atoms. The number of fused-ring (bicyclic) bond motifs is 2. The van der Waals surface area contributed by atoms with Gasteiger partial charge in [0.15, 0.2) is 0 Å². The maximum atomic E-state index is 11.3. The second-order valence-corrected chi connectivity index (χ2v) is 10.7. The van der Waals surface area contributed by atoms with Crippen molar-refractivity contribution in [3.8, 4) is 0 Å². The predicted octanol–water partition coefficient (Wildman–Crippen LogP) is 5.09. The molecule has 4 aliphatic rings. The van der Waals surface area contributed by atoms with E-state index >= 15 is 0 Å². The standard InChI is InChI=1S/2C13H22O2/c2*1-2-11(14)6-5-9-3-4-10-7-12(15)8-13(9)10/h2*9-11,13-14H,2-8H2,1H3. The number of carbonyl (C=O) groups excluding carboxylic acids is 2. The van der Waals surface area contributed by atoms with Gasteiger partial charge in [-0.1, -0.05) is 13.8 Å². The zero-order chi connectivity index (χ0) is 21.7. The Labute approximate surface area is 183 Å². The molecule has 4 saturated carbocycles. The molecule has 0 aromatic carbocycles. The molecule has 0 aliphatic heterocycles. The Bertz CT molecular complexity index is 523. The Balaban J connectivity index is 0.000000171. The van der Waals surface area contributed by atoms with Gasteiger partial charge >= 0.3 is 0 Å². The minimum atomic E-state index is -0.124. The number of aliphatic hydroxyl groups is 2. The third-order valence-corrected chi connectivity index (χ3v) is 8.83. The number of aliphatic hydroxyl groups excluding tert-OH is 2. The van der Waals surface area contributed by atoms with Crippen LogP contribution >= 0.6 is 0 Å². The Morgan fingerprint density at radius 3 is 1.47 bits per heavy atom. The average molecular weight is 421 g/mol. The highest BCUT2D eigenvalue weighted by Gasteiger charge is 2.43. The average Bonchev–Trinajstić information content (AvgIpc) is 3.46. The number of rotatable bonds is 8. The van der Waals surface area contributed by atoms with E-state index < -0.39 is 0 Å². The molecule has 4 nitrogen and oxygen atoms in total. The number of ketones is 2. The molecule has 0 amide bonds. The van der Waals surface area contributed by atoms with Crippen LogP contribution in [0, 0.1) is 35.5 Å². The van der Waals surface area contributed by atoms with Gasteiger partial charge in [-0.05, 0) is 99.7 Å². The Morgan fingerprint density at radius 2 is 1.10 bits per heavy atom. The van der Waals surface area contributed by atoms with E-state index in [0.717, 1.165) is 76.0 Å². The molecule has 4 fully saturated rings. The number of carbonyl (C=O) groups is 2. The molecule has 8 unspecified atom stereocenters. The zero-order valence-corrected chi connectivity index (χ0v) is 19.2. The van der Waals surface area contributed by atoms with Gasteiger partial charge in [-0.3, -0.25) is 9.59 Å². The molecule has 4 rings (SSSR count). The topological polar surface area (TPSA) is 74.6 Å². The van der Waals surface area contributed by atoms with Crippen LogP contribution in [-0.2, 0) is 9.59 Å². The molecular weight excluding hydrogens is 376 g/mol. The SMILES string of the molecule is CCC(O)CCC1CCC2CC(=O)CC12.CCC(O)CCC1CCC2CC(=O)CC12. The van der Waals surface area contributed by atoms with Crippen LogP contribution in [0.1, 0.15) is 104 Å². The lowest BCUT2D eigenvalue weighted by Crippen LogP contribution is -2.13. The zero-order valence-electron chi connectivity index (χ0n) is 19.2. The first kappa shape index (κ1) is 23.9. The summed E-state index contributed by atoms with van der Waals surface area (Å²) in [4.78, 5) is 22.7. The Hall–Kier alpha value is -0.740. The fraction of sp³-hybridized carbons (Fsp3) is 0.923. The lowest BCUT2D eigenvalue weighted by molar-refractivity contribution is -0.118. The lowest BCUT2D eigenvalue weighted by Gasteiger charge is -2.18. The first-order valence-electron chi connectivity index (χ1n) is 12.8. The van der Waals surface area contributed by atoms with Crippen molar-refractivity contribution in [1.29, 1.82) is 0 Å². The molecule has 0 spiro atoms. The van der Waals surface area contributed by atoms with Crippen molar-refractivity contribution >= 4 is 11.6 Å². The van der Waals surface area contributed by atoms with E-state index in [9.17, 15) is 19.8 Å². The molecule has 0 aromatic heterocycles. The van der Waals surface area contributed by atoms with Crippen LogP contribution in [0.25, 0.3) is 0 Å². The van der Waals surface area contributed by atoms with Crippen molar-refractivity contribution in [3.63, 3.8) is 0 Å². The smallest absolute Gasteiger partial charge is 0.133 e. The molecule has 0 aromatic rings. The summed E-state index contributed by atoms with van der Waals surface area (Å²) < 4.78 is 0. The summed E-state index contributed by atoms with van der Waals surface area (Å²) in [7, 11) is 0. The molecule has 8 atom stereocenters. The quantitative estimate of drug-likeness (QED) is 0.574. The van der Waals surface area contributed by atoms with Crippen molar-refractivity contribution in [2.45, 2.75) is 116 Å². The summed E-state index contributed by atoms with van der Waals surface area (Å²) in [5, 5.41) is 19.1. The Kier molecular flexibility index (Phi) is 8.94. The highest BCUT2D eigenvalue weighted by atomic mass is 16.3. The lowest BCUT2D eigenvalue weighted by atomic mass is 9.87. The van der Waals surface area contributed by atoms with E-state index in [2.05, 4.69) is 0 Å². The van der Waals surface area contributed by atoms with Crippen LogP contribution in [0.2, 0.25) is 0 Å². The normalized spacial score (nSPS) is 36.9. The Morgan fingerprint density at radius 1 is 0.700 bits per heavy atom. The van der Waals surface area contributed by atoms with E-state index in [0.29, 0.717) is 35.2 Å². The van der Waals surface area contributed by atoms with Gasteiger partial charge < -0.3 is 10.2 Å². The highest BCUT2D eigenvalue weighted by Crippen LogP contribution is 2.48. The molecule has 0 radical (unpaired) electrons. The molecule has 4 heteroatoms. The van der Waals surface area contributed by atoms with E-state index in [-0.39, 0.29) is 12.2 Å². The summed E-state index contributed by atoms with van der Waals surface area (Å²) in [5.74, 6) is 5.13. The maximum Gasteiger partial charge on any atom is 0.133 e. The third-order valence-electron chi connectivity index (χ3n) is 8.83. The van der Waals surface area contributed by atoms with Crippen molar-refractivity contribution in [2.24, 2.45) is 35.5 Å². The van der Waals surface area contributed by atoms with Gasteiger partial charge in [0.1, 0.15) is 11.6 Å². The van der Waals surface area contributed by atoms with Crippen molar-refractivity contribution in [3.05, 3.63) is 0 Å². The van der Waals surface area contributed by atoms with Crippen LogP contribution in [0.3, 0.4) is 0 Å². The van der Waals surface area contributed by atoms with Crippen LogP contribution in [0.15, 0.2) is 0 Å². The maximum absolute atomic E-state index is 11.3. The minimum absolute atomic E-state index is 0.124. The monoisotopic (exact) mass is 420 g/mol.